The Morgan fingerprint density at radius 3 is 2.50 bits per heavy atom. The number of carbonyl (C=O) groups is 1. The van der Waals surface area contributed by atoms with Gasteiger partial charge in [-0.2, -0.15) is 16.6 Å². The molecule has 0 saturated carbocycles. The maximum absolute atomic E-state index is 12.3. The van der Waals surface area contributed by atoms with Gasteiger partial charge in [0.25, 0.3) is 5.69 Å². The number of nitriles is 1. The quantitative estimate of drug-likeness (QED) is 0.261. The van der Waals surface area contributed by atoms with Crippen molar-refractivity contribution in [2.45, 2.75) is 0 Å². The fourth-order valence-corrected chi connectivity index (χ4v) is 2.65. The van der Waals surface area contributed by atoms with Crippen LogP contribution in [0, 0.1) is 21.4 Å². The largest absolute Gasteiger partial charge is 0.493 e. The molecular formula is C16H12N2O5S. The number of nitro benzene ring substituents is 1. The van der Waals surface area contributed by atoms with E-state index in [9.17, 15) is 20.2 Å². The van der Waals surface area contributed by atoms with Gasteiger partial charge in [-0.3, -0.25) is 14.9 Å². The van der Waals surface area contributed by atoms with Gasteiger partial charge in [-0.15, -0.1) is 0 Å². The Balaban J connectivity index is 2.59. The molecule has 0 aliphatic heterocycles. The molecular weight excluding hydrogens is 332 g/mol. The van der Waals surface area contributed by atoms with Crippen molar-refractivity contribution in [1.29, 1.82) is 5.26 Å². The van der Waals surface area contributed by atoms with E-state index in [0.717, 1.165) is 0 Å². The van der Waals surface area contributed by atoms with Crippen LogP contribution >= 0.6 is 11.3 Å². The number of benzene rings is 1. The molecule has 122 valence electrons. The van der Waals surface area contributed by atoms with E-state index in [-0.39, 0.29) is 28.3 Å². The summed E-state index contributed by atoms with van der Waals surface area (Å²) in [5, 5.41) is 23.8. The van der Waals surface area contributed by atoms with Gasteiger partial charge in [0.2, 0.25) is 5.78 Å². The van der Waals surface area contributed by atoms with Crippen LogP contribution in [0.5, 0.6) is 11.5 Å². The maximum Gasteiger partial charge on any atom is 0.280 e. The zero-order chi connectivity index (χ0) is 17.7. The molecule has 0 saturated heterocycles. The molecule has 0 amide bonds. The van der Waals surface area contributed by atoms with Crippen LogP contribution in [0.3, 0.4) is 0 Å². The van der Waals surface area contributed by atoms with Gasteiger partial charge in [-0.25, -0.2) is 0 Å². The van der Waals surface area contributed by atoms with Crippen LogP contribution in [-0.2, 0) is 0 Å². The van der Waals surface area contributed by atoms with Gasteiger partial charge in [-0.05, 0) is 23.6 Å². The second-order valence-corrected chi connectivity index (χ2v) is 5.31. The Hall–Kier alpha value is -3.18. The molecule has 0 spiro atoms. The van der Waals surface area contributed by atoms with E-state index in [4.69, 9.17) is 9.47 Å². The molecule has 0 bridgehead atoms. The number of methoxy groups -OCH3 is 2. The van der Waals surface area contributed by atoms with Gasteiger partial charge < -0.3 is 9.47 Å². The molecule has 0 aliphatic carbocycles. The number of nitro groups is 1. The Labute approximate surface area is 141 Å². The van der Waals surface area contributed by atoms with Crippen LogP contribution in [0.1, 0.15) is 15.9 Å². The van der Waals surface area contributed by atoms with Crippen molar-refractivity contribution in [3.63, 3.8) is 0 Å². The molecule has 1 aromatic heterocycles. The van der Waals surface area contributed by atoms with Gasteiger partial charge in [0, 0.05) is 10.9 Å². The van der Waals surface area contributed by atoms with Gasteiger partial charge in [-0.1, -0.05) is 0 Å². The first kappa shape index (κ1) is 17.2. The predicted molar refractivity (Wildman–Crippen MR) is 88.4 cm³/mol. The SMILES string of the molecule is COc1cc(/C=C(\C#N)C(=O)c2ccsc2)c([N+](=O)[O-])cc1OC. The lowest BCUT2D eigenvalue weighted by Crippen LogP contribution is -2.01. The molecule has 2 rings (SSSR count). The van der Waals surface area contributed by atoms with Crippen LogP contribution < -0.4 is 9.47 Å². The Morgan fingerprint density at radius 1 is 1.33 bits per heavy atom. The zero-order valence-corrected chi connectivity index (χ0v) is 13.6. The Kier molecular flexibility index (Phi) is 5.29. The molecule has 1 heterocycles. The average Bonchev–Trinajstić information content (AvgIpc) is 3.12. The zero-order valence-electron chi connectivity index (χ0n) is 12.8. The third kappa shape index (κ3) is 3.42. The van der Waals surface area contributed by atoms with Gasteiger partial charge in [0.1, 0.15) is 11.6 Å². The van der Waals surface area contributed by atoms with Crippen molar-refractivity contribution in [2.24, 2.45) is 0 Å². The van der Waals surface area contributed by atoms with Crippen LogP contribution in [0.4, 0.5) is 5.69 Å². The summed E-state index contributed by atoms with van der Waals surface area (Å²) in [5.74, 6) is -0.0542. The summed E-state index contributed by atoms with van der Waals surface area (Å²) in [4.78, 5) is 22.9. The van der Waals surface area contributed by atoms with E-state index >= 15 is 0 Å². The van der Waals surface area contributed by atoms with Gasteiger partial charge >= 0.3 is 0 Å². The summed E-state index contributed by atoms with van der Waals surface area (Å²) in [6.07, 6.45) is 1.18. The second-order valence-electron chi connectivity index (χ2n) is 4.53. The molecule has 0 atom stereocenters. The minimum absolute atomic E-state index is 0.0813. The third-order valence-corrected chi connectivity index (χ3v) is 3.86. The van der Waals surface area contributed by atoms with E-state index in [1.807, 2.05) is 0 Å². The molecule has 1 aromatic carbocycles. The molecule has 24 heavy (non-hydrogen) atoms. The monoisotopic (exact) mass is 344 g/mol. The van der Waals surface area contributed by atoms with Crippen molar-refractivity contribution in [1.82, 2.24) is 0 Å². The Bertz CT molecular complexity index is 850. The number of ketones is 1. The Morgan fingerprint density at radius 2 is 2.00 bits per heavy atom. The van der Waals surface area contributed by atoms with Crippen molar-refractivity contribution < 1.29 is 19.2 Å². The maximum atomic E-state index is 12.3. The highest BCUT2D eigenvalue weighted by Crippen LogP contribution is 2.35. The average molecular weight is 344 g/mol. The number of thiophene rings is 1. The van der Waals surface area contributed by atoms with Crippen molar-refractivity contribution in [3.8, 4) is 17.6 Å². The van der Waals surface area contributed by atoms with E-state index < -0.39 is 10.7 Å². The molecule has 0 radical (unpaired) electrons. The highest BCUT2D eigenvalue weighted by atomic mass is 32.1. The molecule has 2 aromatic rings. The third-order valence-electron chi connectivity index (χ3n) is 3.18. The van der Waals surface area contributed by atoms with Gasteiger partial charge in [0.05, 0.1) is 30.8 Å². The van der Waals surface area contributed by atoms with Crippen LogP contribution in [0.2, 0.25) is 0 Å². The minimum atomic E-state index is -0.613. The summed E-state index contributed by atoms with van der Waals surface area (Å²) < 4.78 is 10.2. The number of carbonyl (C=O) groups excluding carboxylic acids is 1. The number of rotatable bonds is 6. The molecule has 0 N–H and O–H groups in total. The first-order valence-electron chi connectivity index (χ1n) is 6.61. The minimum Gasteiger partial charge on any atom is -0.493 e. The molecule has 8 heteroatoms. The molecule has 0 unspecified atom stereocenters. The van der Waals surface area contributed by atoms with Crippen molar-refractivity contribution >= 4 is 28.9 Å². The summed E-state index contributed by atoms with van der Waals surface area (Å²) in [5.41, 5.74) is -0.0593. The number of hydrogen-bond acceptors (Lipinski definition) is 7. The number of hydrogen-bond donors (Lipinski definition) is 0. The first-order chi connectivity index (χ1) is 11.5. The van der Waals surface area contributed by atoms with Crippen LogP contribution in [-0.4, -0.2) is 24.9 Å². The number of allylic oxidation sites excluding steroid dienone is 1. The highest BCUT2D eigenvalue weighted by molar-refractivity contribution is 7.08. The smallest absolute Gasteiger partial charge is 0.280 e. The summed E-state index contributed by atoms with van der Waals surface area (Å²) in [6, 6.07) is 5.92. The predicted octanol–water partition coefficient (Wildman–Crippen LogP) is 3.46. The normalized spacial score (nSPS) is 10.8. The van der Waals surface area contributed by atoms with Gasteiger partial charge in [0.15, 0.2) is 11.5 Å². The summed E-state index contributed by atoms with van der Waals surface area (Å²) >= 11 is 1.32. The lowest BCUT2D eigenvalue weighted by molar-refractivity contribution is -0.385. The second kappa shape index (κ2) is 7.39. The van der Waals surface area contributed by atoms with Crippen molar-refractivity contribution in [2.75, 3.05) is 14.2 Å². The number of Topliss-reactive ketones (excluding diaryl/α,β-unsaturated/α-hetero) is 1. The number of ether oxygens (including phenoxy) is 2. The lowest BCUT2D eigenvalue weighted by Gasteiger charge is -2.09. The number of nitrogens with zero attached hydrogens (tertiary/aromatic N) is 2. The van der Waals surface area contributed by atoms with Crippen molar-refractivity contribution in [3.05, 3.63) is 55.8 Å². The standard InChI is InChI=1S/C16H12N2O5S/c1-22-14-6-11(13(18(20)21)7-15(14)23-2)5-12(8-17)16(19)10-3-4-24-9-10/h3-7,9H,1-2H3/b12-5+. The molecule has 0 fully saturated rings. The topological polar surface area (TPSA) is 102 Å². The van der Waals surface area contributed by atoms with E-state index in [2.05, 4.69) is 0 Å². The van der Waals surface area contributed by atoms with Crippen LogP contribution in [0.25, 0.3) is 6.08 Å². The first-order valence-corrected chi connectivity index (χ1v) is 7.55. The van der Waals surface area contributed by atoms with E-state index in [0.29, 0.717) is 5.56 Å². The van der Waals surface area contributed by atoms with E-state index in [1.54, 1.807) is 22.9 Å². The van der Waals surface area contributed by atoms with E-state index in [1.165, 1.54) is 43.8 Å². The van der Waals surface area contributed by atoms with Crippen LogP contribution in [0.15, 0.2) is 34.5 Å². The summed E-state index contributed by atoms with van der Waals surface area (Å²) in [6.45, 7) is 0. The highest BCUT2D eigenvalue weighted by Gasteiger charge is 2.20. The molecule has 0 aliphatic rings. The fourth-order valence-electron chi connectivity index (χ4n) is 2.01. The molecule has 7 nitrogen and oxygen atoms in total. The summed E-state index contributed by atoms with van der Waals surface area (Å²) in [7, 11) is 2.75. The fraction of sp³-hybridized carbons (Fsp3) is 0.125. The lowest BCUT2D eigenvalue weighted by atomic mass is 10.0.